The number of thioether (sulfide) groups is 1. The monoisotopic (exact) mass is 243 g/mol. The Labute approximate surface area is 102 Å². The van der Waals surface area contributed by atoms with Crippen molar-refractivity contribution in [2.45, 2.75) is 52.1 Å². The van der Waals surface area contributed by atoms with E-state index in [1.54, 1.807) is 0 Å². The van der Waals surface area contributed by atoms with Gasteiger partial charge in [0.2, 0.25) is 0 Å². The second-order valence-electron chi connectivity index (χ2n) is 6.11. The summed E-state index contributed by atoms with van der Waals surface area (Å²) in [5.74, 6) is 1.55. The number of cyclic esters (lactones) is 1. The maximum Gasteiger partial charge on any atom is 0.411 e. The maximum atomic E-state index is 11.9. The van der Waals surface area contributed by atoms with Crippen LogP contribution in [0.25, 0.3) is 0 Å². The van der Waals surface area contributed by atoms with E-state index in [2.05, 4.69) is 34.6 Å². The van der Waals surface area contributed by atoms with E-state index in [1.807, 2.05) is 16.7 Å². The molecule has 2 fully saturated rings. The van der Waals surface area contributed by atoms with E-state index in [1.165, 1.54) is 0 Å². The second kappa shape index (κ2) is 3.83. The van der Waals surface area contributed by atoms with Crippen molar-refractivity contribution in [3.8, 4) is 0 Å². The summed E-state index contributed by atoms with van der Waals surface area (Å²) in [6.07, 6.45) is -0.0950. The molecular formula is C12H21NO2S. The van der Waals surface area contributed by atoms with Crippen molar-refractivity contribution in [1.29, 1.82) is 0 Å². The first-order valence-electron chi connectivity index (χ1n) is 5.93. The lowest BCUT2D eigenvalue weighted by atomic mass is 9.88. The lowest BCUT2D eigenvalue weighted by molar-refractivity contribution is 0.0681. The van der Waals surface area contributed by atoms with Crippen molar-refractivity contribution in [2.75, 3.05) is 5.75 Å². The molecule has 0 spiro atoms. The third-order valence-electron chi connectivity index (χ3n) is 3.39. The Morgan fingerprint density at radius 3 is 2.56 bits per heavy atom. The fourth-order valence-corrected chi connectivity index (χ4v) is 4.35. The summed E-state index contributed by atoms with van der Waals surface area (Å²) in [6.45, 7) is 10.8. The predicted molar refractivity (Wildman–Crippen MR) is 66.4 cm³/mol. The first-order valence-corrected chi connectivity index (χ1v) is 6.98. The van der Waals surface area contributed by atoms with Crippen LogP contribution in [-0.4, -0.2) is 34.3 Å². The van der Waals surface area contributed by atoms with Crippen LogP contribution in [0.4, 0.5) is 4.79 Å². The minimum atomic E-state index is -0.117. The normalized spacial score (nSPS) is 34.5. The zero-order chi connectivity index (χ0) is 12.1. The van der Waals surface area contributed by atoms with Gasteiger partial charge >= 0.3 is 6.09 Å². The number of carbonyl (C=O) groups is 1. The highest BCUT2D eigenvalue weighted by Crippen LogP contribution is 2.45. The second-order valence-corrected chi connectivity index (χ2v) is 7.26. The van der Waals surface area contributed by atoms with Gasteiger partial charge in [0.15, 0.2) is 0 Å². The molecule has 2 saturated heterocycles. The van der Waals surface area contributed by atoms with Crippen molar-refractivity contribution < 1.29 is 9.53 Å². The molecule has 4 heteroatoms. The number of carbonyl (C=O) groups excluding carboxylic acids is 1. The van der Waals surface area contributed by atoms with Crippen LogP contribution in [0.15, 0.2) is 0 Å². The molecule has 0 aromatic carbocycles. The smallest absolute Gasteiger partial charge is 0.411 e. The SMILES string of the molecule is CC(C)[C@H]1CS[C@@H]2[C@H](C(C)(C)C)OC(=O)N12. The lowest BCUT2D eigenvalue weighted by Crippen LogP contribution is -2.41. The number of rotatable bonds is 1. The van der Waals surface area contributed by atoms with Gasteiger partial charge in [-0.2, -0.15) is 0 Å². The Hall–Kier alpha value is -0.380. The maximum absolute atomic E-state index is 11.9. The number of ether oxygens (including phenoxy) is 1. The third-order valence-corrected chi connectivity index (χ3v) is 4.74. The average Bonchev–Trinajstić information content (AvgIpc) is 2.65. The average molecular weight is 243 g/mol. The number of amides is 1. The van der Waals surface area contributed by atoms with Crippen molar-refractivity contribution in [3.63, 3.8) is 0 Å². The minimum absolute atomic E-state index is 0.0218. The van der Waals surface area contributed by atoms with E-state index in [-0.39, 0.29) is 23.0 Å². The molecule has 0 aliphatic carbocycles. The largest absolute Gasteiger partial charge is 0.442 e. The number of hydrogen-bond acceptors (Lipinski definition) is 3. The molecule has 1 amide bonds. The molecular weight excluding hydrogens is 222 g/mol. The molecule has 2 rings (SSSR count). The summed E-state index contributed by atoms with van der Waals surface area (Å²) >= 11 is 1.87. The van der Waals surface area contributed by atoms with Crippen molar-refractivity contribution in [2.24, 2.45) is 11.3 Å². The van der Waals surface area contributed by atoms with Gasteiger partial charge in [-0.15, -0.1) is 11.8 Å². The molecule has 2 aliphatic rings. The Morgan fingerprint density at radius 2 is 2.06 bits per heavy atom. The van der Waals surface area contributed by atoms with Gasteiger partial charge in [-0.05, 0) is 5.92 Å². The van der Waals surface area contributed by atoms with Crippen LogP contribution in [0.3, 0.4) is 0 Å². The molecule has 0 saturated carbocycles. The van der Waals surface area contributed by atoms with Crippen LogP contribution in [0.2, 0.25) is 0 Å². The lowest BCUT2D eigenvalue weighted by Gasteiger charge is -2.29. The van der Waals surface area contributed by atoms with Gasteiger partial charge in [-0.25, -0.2) is 4.79 Å². The Kier molecular flexibility index (Phi) is 2.89. The van der Waals surface area contributed by atoms with E-state index < -0.39 is 0 Å². The summed E-state index contributed by atoms with van der Waals surface area (Å²) in [5.41, 5.74) is 0.0218. The Bertz CT molecular complexity index is 298. The van der Waals surface area contributed by atoms with Gasteiger partial charge in [0.25, 0.3) is 0 Å². The summed E-state index contributed by atoms with van der Waals surface area (Å²) < 4.78 is 5.54. The van der Waals surface area contributed by atoms with Crippen LogP contribution in [-0.2, 0) is 4.74 Å². The molecule has 0 aromatic heterocycles. The fourth-order valence-electron chi connectivity index (χ4n) is 2.36. The van der Waals surface area contributed by atoms with Gasteiger partial charge in [0.1, 0.15) is 11.5 Å². The van der Waals surface area contributed by atoms with E-state index in [4.69, 9.17) is 4.74 Å². The standard InChI is InChI=1S/C12H21NO2S/c1-7(2)8-6-16-10-9(12(3,4)5)15-11(14)13(8)10/h7-10H,6H2,1-5H3/t8-,9-,10-/m1/s1. The van der Waals surface area contributed by atoms with E-state index in [9.17, 15) is 4.79 Å². The molecule has 2 heterocycles. The first-order chi connectivity index (χ1) is 7.32. The summed E-state index contributed by atoms with van der Waals surface area (Å²) in [6, 6.07) is 0.342. The third kappa shape index (κ3) is 1.81. The van der Waals surface area contributed by atoms with Crippen LogP contribution >= 0.6 is 11.8 Å². The first kappa shape index (κ1) is 12.1. The van der Waals surface area contributed by atoms with Gasteiger partial charge < -0.3 is 4.74 Å². The van der Waals surface area contributed by atoms with E-state index >= 15 is 0 Å². The molecule has 2 aliphatic heterocycles. The summed E-state index contributed by atoms with van der Waals surface area (Å²) in [7, 11) is 0. The van der Waals surface area contributed by atoms with Crippen LogP contribution in [0, 0.1) is 11.3 Å². The quantitative estimate of drug-likeness (QED) is 0.709. The molecule has 0 unspecified atom stereocenters. The Morgan fingerprint density at radius 1 is 1.44 bits per heavy atom. The highest BCUT2D eigenvalue weighted by atomic mass is 32.2. The predicted octanol–water partition coefficient (Wildman–Crippen LogP) is 2.95. The Balaban J connectivity index is 2.21. The summed E-state index contributed by atoms with van der Waals surface area (Å²) in [4.78, 5) is 13.9. The zero-order valence-electron chi connectivity index (χ0n) is 10.7. The highest BCUT2D eigenvalue weighted by Gasteiger charge is 2.54. The van der Waals surface area contributed by atoms with Gasteiger partial charge in [0.05, 0.1) is 0 Å². The highest BCUT2D eigenvalue weighted by molar-refractivity contribution is 8.00. The van der Waals surface area contributed by atoms with E-state index in [0.717, 1.165) is 5.75 Å². The van der Waals surface area contributed by atoms with Crippen molar-refractivity contribution in [1.82, 2.24) is 4.90 Å². The zero-order valence-corrected chi connectivity index (χ0v) is 11.5. The van der Waals surface area contributed by atoms with E-state index in [0.29, 0.717) is 12.0 Å². The van der Waals surface area contributed by atoms with Gasteiger partial charge in [-0.1, -0.05) is 34.6 Å². The molecule has 0 aromatic rings. The number of hydrogen-bond donors (Lipinski definition) is 0. The fraction of sp³-hybridized carbons (Fsp3) is 0.917. The van der Waals surface area contributed by atoms with Crippen LogP contribution in [0.1, 0.15) is 34.6 Å². The minimum Gasteiger partial charge on any atom is -0.442 e. The molecule has 0 bridgehead atoms. The molecule has 0 radical (unpaired) electrons. The van der Waals surface area contributed by atoms with Crippen LogP contribution in [0.5, 0.6) is 0 Å². The molecule has 16 heavy (non-hydrogen) atoms. The van der Waals surface area contributed by atoms with Gasteiger partial charge in [0, 0.05) is 17.2 Å². The van der Waals surface area contributed by atoms with Crippen LogP contribution < -0.4 is 0 Å². The van der Waals surface area contributed by atoms with Crippen molar-refractivity contribution in [3.05, 3.63) is 0 Å². The number of fused-ring (bicyclic) bond motifs is 1. The summed E-state index contributed by atoms with van der Waals surface area (Å²) in [5, 5.41) is 0.222. The van der Waals surface area contributed by atoms with Gasteiger partial charge in [-0.3, -0.25) is 4.90 Å². The molecule has 0 N–H and O–H groups in total. The van der Waals surface area contributed by atoms with Crippen molar-refractivity contribution >= 4 is 17.9 Å². The number of nitrogens with zero attached hydrogens (tertiary/aromatic N) is 1. The molecule has 3 nitrogen and oxygen atoms in total. The topological polar surface area (TPSA) is 29.5 Å². The molecule has 92 valence electrons. The molecule has 3 atom stereocenters.